The van der Waals surface area contributed by atoms with Gasteiger partial charge in [-0.3, -0.25) is 4.79 Å². The maximum Gasteiger partial charge on any atom is 0.276 e. The number of benzene rings is 1. The van der Waals surface area contributed by atoms with Crippen LogP contribution >= 0.6 is 0 Å². The van der Waals surface area contributed by atoms with Crippen molar-refractivity contribution < 1.29 is 17.7 Å². The van der Waals surface area contributed by atoms with Crippen molar-refractivity contribution in [3.63, 3.8) is 0 Å². The zero-order chi connectivity index (χ0) is 16.4. The molecule has 0 N–H and O–H groups in total. The summed E-state index contributed by atoms with van der Waals surface area (Å²) in [4.78, 5) is 14.3. The number of hydrogen-bond donors (Lipinski definition) is 0. The fourth-order valence-electron chi connectivity index (χ4n) is 2.80. The molecule has 1 aromatic heterocycles. The standard InChI is InChI=1S/C16H18N2O4S/c1-12-11-15(17-22-12)16(19)18-9-7-14(8-10-18)23(20,21)13-5-3-2-4-6-13/h2-6,11,14H,7-10H2,1H3. The fourth-order valence-corrected chi connectivity index (χ4v) is 4.55. The molecule has 1 amide bonds. The Bertz CT molecular complexity index is 790. The summed E-state index contributed by atoms with van der Waals surface area (Å²) in [6.45, 7) is 2.53. The average Bonchev–Trinajstić information content (AvgIpc) is 3.01. The van der Waals surface area contributed by atoms with E-state index in [9.17, 15) is 13.2 Å². The van der Waals surface area contributed by atoms with E-state index in [0.29, 0.717) is 36.6 Å². The van der Waals surface area contributed by atoms with E-state index < -0.39 is 15.1 Å². The molecule has 7 heteroatoms. The number of aryl methyl sites for hydroxylation is 1. The molecule has 3 rings (SSSR count). The van der Waals surface area contributed by atoms with Crippen molar-refractivity contribution in [1.29, 1.82) is 0 Å². The molecule has 0 atom stereocenters. The lowest BCUT2D eigenvalue weighted by atomic mass is 10.1. The molecule has 2 heterocycles. The molecule has 23 heavy (non-hydrogen) atoms. The van der Waals surface area contributed by atoms with Gasteiger partial charge in [0.15, 0.2) is 15.5 Å². The number of carbonyl (C=O) groups excluding carboxylic acids is 1. The second kappa shape index (κ2) is 6.16. The molecule has 6 nitrogen and oxygen atoms in total. The highest BCUT2D eigenvalue weighted by molar-refractivity contribution is 7.92. The predicted octanol–water partition coefficient (Wildman–Crippen LogP) is 2.06. The van der Waals surface area contributed by atoms with Crippen molar-refractivity contribution in [2.24, 2.45) is 0 Å². The normalized spacial score (nSPS) is 16.5. The van der Waals surface area contributed by atoms with Gasteiger partial charge in [0.25, 0.3) is 5.91 Å². The lowest BCUT2D eigenvalue weighted by Crippen LogP contribution is -2.42. The molecule has 1 aliphatic heterocycles. The van der Waals surface area contributed by atoms with Gasteiger partial charge in [-0.1, -0.05) is 23.4 Å². The first-order valence-electron chi connectivity index (χ1n) is 7.50. The first-order valence-corrected chi connectivity index (χ1v) is 9.04. The Kier molecular flexibility index (Phi) is 4.21. The van der Waals surface area contributed by atoms with E-state index in [1.165, 1.54) is 0 Å². The minimum Gasteiger partial charge on any atom is -0.361 e. The highest BCUT2D eigenvalue weighted by atomic mass is 32.2. The van der Waals surface area contributed by atoms with Crippen molar-refractivity contribution in [2.45, 2.75) is 29.9 Å². The molecule has 2 aromatic rings. The average molecular weight is 334 g/mol. The van der Waals surface area contributed by atoms with Crippen LogP contribution in [0.1, 0.15) is 29.1 Å². The maximum absolute atomic E-state index is 12.6. The van der Waals surface area contributed by atoms with E-state index in [0.717, 1.165) is 0 Å². The molecule has 0 aliphatic carbocycles. The molecule has 0 saturated carbocycles. The second-order valence-electron chi connectivity index (χ2n) is 5.67. The summed E-state index contributed by atoms with van der Waals surface area (Å²) >= 11 is 0. The van der Waals surface area contributed by atoms with Crippen molar-refractivity contribution in [1.82, 2.24) is 10.1 Å². The number of nitrogens with zero attached hydrogens (tertiary/aromatic N) is 2. The lowest BCUT2D eigenvalue weighted by Gasteiger charge is -2.31. The summed E-state index contributed by atoms with van der Waals surface area (Å²) in [5.41, 5.74) is 0.270. The second-order valence-corrected chi connectivity index (χ2v) is 7.90. The monoisotopic (exact) mass is 334 g/mol. The van der Waals surface area contributed by atoms with Gasteiger partial charge in [-0.2, -0.15) is 0 Å². The van der Waals surface area contributed by atoms with E-state index in [4.69, 9.17) is 4.52 Å². The topological polar surface area (TPSA) is 80.5 Å². The molecule has 1 fully saturated rings. The van der Waals surface area contributed by atoms with E-state index >= 15 is 0 Å². The largest absolute Gasteiger partial charge is 0.361 e. The molecule has 0 radical (unpaired) electrons. The Labute approximate surface area is 135 Å². The molecule has 0 spiro atoms. The quantitative estimate of drug-likeness (QED) is 0.858. The minimum atomic E-state index is -3.34. The van der Waals surface area contributed by atoms with Gasteiger partial charge in [0.05, 0.1) is 10.1 Å². The van der Waals surface area contributed by atoms with Crippen LogP contribution in [-0.2, 0) is 9.84 Å². The molecule has 1 aromatic carbocycles. The fraction of sp³-hybridized carbons (Fsp3) is 0.375. The van der Waals surface area contributed by atoms with Crippen LogP contribution in [0, 0.1) is 6.92 Å². The Morgan fingerprint density at radius 3 is 2.43 bits per heavy atom. The number of aromatic nitrogens is 1. The van der Waals surface area contributed by atoms with Crippen molar-refractivity contribution >= 4 is 15.7 Å². The maximum atomic E-state index is 12.6. The van der Waals surface area contributed by atoms with E-state index in [-0.39, 0.29) is 11.6 Å². The third kappa shape index (κ3) is 3.14. The summed E-state index contributed by atoms with van der Waals surface area (Å²) in [7, 11) is -3.34. The Morgan fingerprint density at radius 2 is 1.87 bits per heavy atom. The summed E-state index contributed by atoms with van der Waals surface area (Å²) in [5, 5.41) is 3.27. The Morgan fingerprint density at radius 1 is 1.22 bits per heavy atom. The molecule has 122 valence electrons. The minimum absolute atomic E-state index is 0.211. The zero-order valence-electron chi connectivity index (χ0n) is 12.8. The molecule has 1 aliphatic rings. The smallest absolute Gasteiger partial charge is 0.276 e. The van der Waals surface area contributed by atoms with E-state index in [1.807, 2.05) is 0 Å². The van der Waals surface area contributed by atoms with Crippen molar-refractivity contribution in [2.75, 3.05) is 13.1 Å². The zero-order valence-corrected chi connectivity index (χ0v) is 13.6. The molecule has 0 bridgehead atoms. The van der Waals surface area contributed by atoms with Crippen LogP contribution in [0.2, 0.25) is 0 Å². The van der Waals surface area contributed by atoms with Crippen molar-refractivity contribution in [3.8, 4) is 0 Å². The van der Waals surface area contributed by atoms with Gasteiger partial charge < -0.3 is 9.42 Å². The van der Waals surface area contributed by atoms with Crippen LogP contribution in [0.25, 0.3) is 0 Å². The van der Waals surface area contributed by atoms with Gasteiger partial charge in [0, 0.05) is 19.2 Å². The van der Waals surface area contributed by atoms with E-state index in [2.05, 4.69) is 5.16 Å². The van der Waals surface area contributed by atoms with Crippen LogP contribution in [0.4, 0.5) is 0 Å². The number of sulfone groups is 1. The number of piperidine rings is 1. The number of rotatable bonds is 3. The predicted molar refractivity (Wildman–Crippen MR) is 83.8 cm³/mol. The van der Waals surface area contributed by atoms with Gasteiger partial charge in [0.1, 0.15) is 5.76 Å². The van der Waals surface area contributed by atoms with Crippen LogP contribution in [0.15, 0.2) is 45.8 Å². The highest BCUT2D eigenvalue weighted by Crippen LogP contribution is 2.25. The Hall–Kier alpha value is -2.15. The molecular formula is C16H18N2O4S. The van der Waals surface area contributed by atoms with Crippen molar-refractivity contribution in [3.05, 3.63) is 47.9 Å². The van der Waals surface area contributed by atoms with Gasteiger partial charge in [-0.05, 0) is 31.9 Å². The van der Waals surface area contributed by atoms with Gasteiger partial charge in [-0.15, -0.1) is 0 Å². The molecule has 0 unspecified atom stereocenters. The van der Waals surface area contributed by atoms with Crippen LogP contribution in [0.3, 0.4) is 0 Å². The first-order chi connectivity index (χ1) is 11.0. The van der Waals surface area contributed by atoms with Crippen LogP contribution in [0.5, 0.6) is 0 Å². The lowest BCUT2D eigenvalue weighted by molar-refractivity contribution is 0.0715. The van der Waals surface area contributed by atoms with Gasteiger partial charge in [-0.25, -0.2) is 8.42 Å². The van der Waals surface area contributed by atoms with Crippen LogP contribution in [-0.4, -0.2) is 42.7 Å². The van der Waals surface area contributed by atoms with Gasteiger partial charge in [0.2, 0.25) is 0 Å². The SMILES string of the molecule is Cc1cc(C(=O)N2CCC(S(=O)(=O)c3ccccc3)CC2)no1. The number of amides is 1. The number of carbonyl (C=O) groups is 1. The van der Waals surface area contributed by atoms with Gasteiger partial charge >= 0.3 is 0 Å². The highest BCUT2D eigenvalue weighted by Gasteiger charge is 2.33. The number of hydrogen-bond acceptors (Lipinski definition) is 5. The summed E-state index contributed by atoms with van der Waals surface area (Å²) in [6, 6.07) is 10.1. The molecular weight excluding hydrogens is 316 g/mol. The molecule has 1 saturated heterocycles. The summed E-state index contributed by atoms with van der Waals surface area (Å²) in [5.74, 6) is 0.368. The third-order valence-electron chi connectivity index (χ3n) is 4.09. The van der Waals surface area contributed by atoms with E-state index in [1.54, 1.807) is 48.2 Å². The number of likely N-dealkylation sites (tertiary alicyclic amines) is 1. The van der Waals surface area contributed by atoms with Crippen LogP contribution < -0.4 is 0 Å². The first kappa shape index (κ1) is 15.7. The third-order valence-corrected chi connectivity index (χ3v) is 6.37. The summed E-state index contributed by atoms with van der Waals surface area (Å²) in [6.07, 6.45) is 0.861. The summed E-state index contributed by atoms with van der Waals surface area (Å²) < 4.78 is 30.1. The Balaban J connectivity index is 1.68.